The van der Waals surface area contributed by atoms with Crippen molar-refractivity contribution in [1.29, 1.82) is 0 Å². The van der Waals surface area contributed by atoms with Gasteiger partial charge in [0.25, 0.3) is 0 Å². The summed E-state index contributed by atoms with van der Waals surface area (Å²) in [7, 11) is 0. The number of carboxylic acids is 1. The molecule has 0 atom stereocenters. The van der Waals surface area contributed by atoms with E-state index < -0.39 is 18.3 Å². The second-order valence-corrected chi connectivity index (χ2v) is 1.01. The van der Waals surface area contributed by atoms with Crippen molar-refractivity contribution in [3.63, 3.8) is 0 Å². The van der Waals surface area contributed by atoms with Crippen molar-refractivity contribution in [2.45, 2.75) is 0 Å². The van der Waals surface area contributed by atoms with E-state index in [1.54, 1.807) is 0 Å². The number of carboxylic acid groups (broad SMARTS) is 1. The molecule has 46 valence electrons. The van der Waals surface area contributed by atoms with Crippen molar-refractivity contribution in [3.05, 3.63) is 0 Å². The molecule has 0 heterocycles. The number of aliphatic carboxylic acids is 1. The fourth-order valence-corrected chi connectivity index (χ4v) is 0.142. The maximum Gasteiger partial charge on any atom is 0.356 e. The first kappa shape index (κ1) is 6.90. The lowest BCUT2D eigenvalue weighted by Crippen LogP contribution is -2.16. The molecule has 5 nitrogen and oxygen atoms in total. The van der Waals surface area contributed by atoms with Crippen LogP contribution >= 0.6 is 0 Å². The van der Waals surface area contributed by atoms with E-state index in [1.165, 1.54) is 0 Å². The third-order valence-corrected chi connectivity index (χ3v) is 0.517. The molecular formula is C3H5NO4. The zero-order valence-corrected chi connectivity index (χ0v) is 3.90. The molecule has 0 aromatic carbocycles. The Bertz CT molecular complexity index is 118. The van der Waals surface area contributed by atoms with E-state index in [9.17, 15) is 4.79 Å². The van der Waals surface area contributed by atoms with Crippen molar-refractivity contribution >= 4 is 11.7 Å². The van der Waals surface area contributed by atoms with Crippen LogP contribution in [-0.4, -0.2) is 33.7 Å². The fraction of sp³-hybridized carbons (Fsp3) is 0.333. The van der Waals surface area contributed by atoms with Gasteiger partial charge in [0.1, 0.15) is 0 Å². The number of hydrogen-bond acceptors (Lipinski definition) is 4. The van der Waals surface area contributed by atoms with Gasteiger partial charge in [-0.1, -0.05) is 5.16 Å². The van der Waals surface area contributed by atoms with Crippen molar-refractivity contribution in [1.82, 2.24) is 0 Å². The highest BCUT2D eigenvalue weighted by molar-refractivity contribution is 6.35. The molecule has 0 aromatic rings. The monoisotopic (exact) mass is 119 g/mol. The molecule has 0 spiro atoms. The predicted octanol–water partition coefficient (Wildman–Crippen LogP) is -1.11. The number of hydrogen-bond donors (Lipinski definition) is 3. The van der Waals surface area contributed by atoms with E-state index in [4.69, 9.17) is 15.4 Å². The number of aliphatic hydroxyl groups is 1. The summed E-state index contributed by atoms with van der Waals surface area (Å²) < 4.78 is 0. The van der Waals surface area contributed by atoms with Crippen LogP contribution in [0.15, 0.2) is 5.16 Å². The molecule has 0 unspecified atom stereocenters. The normalized spacial score (nSPS) is 11.4. The van der Waals surface area contributed by atoms with Gasteiger partial charge in [-0.25, -0.2) is 4.79 Å². The van der Waals surface area contributed by atoms with Crippen LogP contribution < -0.4 is 0 Å². The van der Waals surface area contributed by atoms with E-state index in [1.807, 2.05) is 0 Å². The quantitative estimate of drug-likeness (QED) is 0.244. The van der Waals surface area contributed by atoms with Crippen LogP contribution in [0.5, 0.6) is 0 Å². The standard InChI is InChI=1S/C3H5NO4/c5-1-2(4-8)3(6)7/h5,8H,1H2,(H,6,7)/b4-2-. The van der Waals surface area contributed by atoms with Gasteiger partial charge in [-0.2, -0.15) is 0 Å². The lowest BCUT2D eigenvalue weighted by Gasteiger charge is -1.87. The lowest BCUT2D eigenvalue weighted by molar-refractivity contribution is -0.129. The average Bonchev–Trinajstić information content (AvgIpc) is 1.69. The van der Waals surface area contributed by atoms with Gasteiger partial charge in [-0.3, -0.25) is 0 Å². The van der Waals surface area contributed by atoms with Gasteiger partial charge in [-0.15, -0.1) is 0 Å². The van der Waals surface area contributed by atoms with Gasteiger partial charge in [0.2, 0.25) is 0 Å². The minimum atomic E-state index is -1.42. The van der Waals surface area contributed by atoms with Crippen LogP contribution in [0, 0.1) is 0 Å². The van der Waals surface area contributed by atoms with Gasteiger partial charge >= 0.3 is 5.97 Å². The molecule has 0 saturated carbocycles. The van der Waals surface area contributed by atoms with Crippen LogP contribution in [0.4, 0.5) is 0 Å². The molecule has 0 rings (SSSR count). The number of oxime groups is 1. The first-order chi connectivity index (χ1) is 3.72. The van der Waals surface area contributed by atoms with Crippen LogP contribution in [0.25, 0.3) is 0 Å². The highest BCUT2D eigenvalue weighted by atomic mass is 16.4. The van der Waals surface area contributed by atoms with E-state index in [2.05, 4.69) is 5.16 Å². The smallest absolute Gasteiger partial charge is 0.356 e. The van der Waals surface area contributed by atoms with E-state index >= 15 is 0 Å². The topological polar surface area (TPSA) is 90.1 Å². The van der Waals surface area contributed by atoms with Crippen molar-refractivity contribution in [2.75, 3.05) is 6.61 Å². The summed E-state index contributed by atoms with van der Waals surface area (Å²) in [5, 5.41) is 26.0. The Hall–Kier alpha value is -1.10. The number of aliphatic hydroxyl groups excluding tert-OH is 1. The maximum atomic E-state index is 9.71. The highest BCUT2D eigenvalue weighted by Gasteiger charge is 2.05. The van der Waals surface area contributed by atoms with Crippen LogP contribution in [-0.2, 0) is 4.79 Å². The first-order valence-corrected chi connectivity index (χ1v) is 1.77. The number of nitrogens with zero attached hydrogens (tertiary/aromatic N) is 1. The molecule has 0 radical (unpaired) electrons. The molecule has 8 heavy (non-hydrogen) atoms. The minimum absolute atomic E-state index is 0.662. The second-order valence-electron chi connectivity index (χ2n) is 1.01. The molecule has 0 fully saturated rings. The third-order valence-electron chi connectivity index (χ3n) is 0.517. The van der Waals surface area contributed by atoms with Crippen molar-refractivity contribution < 1.29 is 20.2 Å². The summed E-state index contributed by atoms with van der Waals surface area (Å²) >= 11 is 0. The summed E-state index contributed by atoms with van der Waals surface area (Å²) in [6.45, 7) is -0.758. The zero-order valence-electron chi connectivity index (χ0n) is 3.90. The number of carbonyl (C=O) groups is 1. The van der Waals surface area contributed by atoms with Gasteiger partial charge in [0.05, 0.1) is 6.61 Å². The predicted molar refractivity (Wildman–Crippen MR) is 23.9 cm³/mol. The molecule has 0 aliphatic heterocycles. The molecule has 0 saturated heterocycles. The Kier molecular flexibility index (Phi) is 2.57. The van der Waals surface area contributed by atoms with Gasteiger partial charge in [0, 0.05) is 0 Å². The largest absolute Gasteiger partial charge is 0.477 e. The zero-order chi connectivity index (χ0) is 6.57. The summed E-state index contributed by atoms with van der Waals surface area (Å²) in [6.07, 6.45) is 0. The summed E-state index contributed by atoms with van der Waals surface area (Å²) in [5.41, 5.74) is -0.662. The summed E-state index contributed by atoms with van der Waals surface area (Å²) in [4.78, 5) is 9.71. The maximum absolute atomic E-state index is 9.71. The Balaban J connectivity index is 3.92. The van der Waals surface area contributed by atoms with E-state index in [0.29, 0.717) is 0 Å². The minimum Gasteiger partial charge on any atom is -0.477 e. The molecule has 0 bridgehead atoms. The van der Waals surface area contributed by atoms with Crippen molar-refractivity contribution in [2.24, 2.45) is 5.16 Å². The molecule has 0 amide bonds. The van der Waals surface area contributed by atoms with Crippen LogP contribution in [0.2, 0.25) is 0 Å². The van der Waals surface area contributed by atoms with E-state index in [-0.39, 0.29) is 0 Å². The first-order valence-electron chi connectivity index (χ1n) is 1.77. The summed E-state index contributed by atoms with van der Waals surface area (Å²) in [5.74, 6) is -1.42. The average molecular weight is 119 g/mol. The molecule has 5 heteroatoms. The highest BCUT2D eigenvalue weighted by Crippen LogP contribution is 1.72. The molecule has 3 N–H and O–H groups in total. The van der Waals surface area contributed by atoms with Crippen LogP contribution in [0.3, 0.4) is 0 Å². The second kappa shape index (κ2) is 2.98. The third kappa shape index (κ3) is 1.57. The van der Waals surface area contributed by atoms with Crippen molar-refractivity contribution in [3.8, 4) is 0 Å². The Morgan fingerprint density at radius 1 is 1.62 bits per heavy atom. The van der Waals surface area contributed by atoms with E-state index in [0.717, 1.165) is 0 Å². The molecular weight excluding hydrogens is 114 g/mol. The molecule has 0 aliphatic carbocycles. The Labute approximate surface area is 44.9 Å². The Morgan fingerprint density at radius 3 is 2.12 bits per heavy atom. The number of rotatable bonds is 2. The van der Waals surface area contributed by atoms with Gasteiger partial charge < -0.3 is 15.4 Å². The molecule has 0 aliphatic rings. The SMILES string of the molecule is O=C(O)/C(CO)=N\O. The van der Waals surface area contributed by atoms with Gasteiger partial charge in [0.15, 0.2) is 5.71 Å². The van der Waals surface area contributed by atoms with Crippen LogP contribution in [0.1, 0.15) is 0 Å². The van der Waals surface area contributed by atoms with Gasteiger partial charge in [-0.05, 0) is 0 Å². The summed E-state index contributed by atoms with van der Waals surface area (Å²) in [6, 6.07) is 0. The molecule has 0 aromatic heterocycles. The fourth-order valence-electron chi connectivity index (χ4n) is 0.142. The Morgan fingerprint density at radius 2 is 2.12 bits per heavy atom. The lowest BCUT2D eigenvalue weighted by atomic mass is 10.4.